The minimum atomic E-state index is -0.338. The first-order chi connectivity index (χ1) is 10.2. The van der Waals surface area contributed by atoms with Crippen LogP contribution in [0.2, 0.25) is 0 Å². The number of unbranched alkanes of at least 4 members (excludes halogenated alkanes) is 12. The van der Waals surface area contributed by atoms with Crippen molar-refractivity contribution in [2.24, 2.45) is 5.73 Å². The maximum absolute atomic E-state index is 11.2. The van der Waals surface area contributed by atoms with Gasteiger partial charge in [0.15, 0.2) is 5.78 Å². The van der Waals surface area contributed by atoms with Crippen molar-refractivity contribution >= 4 is 17.4 Å². The molecule has 2 N–H and O–H groups in total. The summed E-state index contributed by atoms with van der Waals surface area (Å²) in [5.74, 6) is 0.0372. The van der Waals surface area contributed by atoms with Crippen molar-refractivity contribution in [3.63, 3.8) is 0 Å². The fourth-order valence-electron chi connectivity index (χ4n) is 2.64. The van der Waals surface area contributed by atoms with Gasteiger partial charge in [0, 0.05) is 0 Å². The van der Waals surface area contributed by atoms with E-state index in [0.29, 0.717) is 0 Å². The van der Waals surface area contributed by atoms with E-state index < -0.39 is 0 Å². The Labute approximate surface area is 137 Å². The van der Waals surface area contributed by atoms with Crippen LogP contribution in [0.25, 0.3) is 0 Å². The smallest absolute Gasteiger partial charge is 0.164 e. The van der Waals surface area contributed by atoms with E-state index in [-0.39, 0.29) is 17.7 Å². The van der Waals surface area contributed by atoms with E-state index in [2.05, 4.69) is 6.92 Å². The van der Waals surface area contributed by atoms with Crippen LogP contribution in [-0.4, -0.2) is 17.7 Å². The normalized spacial score (nSPS) is 12.5. The maximum atomic E-state index is 11.2. The molecule has 0 aromatic rings. The third kappa shape index (κ3) is 14.6. The summed E-state index contributed by atoms with van der Waals surface area (Å²) >= 11 is 5.48. The van der Waals surface area contributed by atoms with E-state index in [1.807, 2.05) is 0 Å². The highest BCUT2D eigenvalue weighted by atomic mass is 35.5. The Morgan fingerprint density at radius 3 is 1.57 bits per heavy atom. The molecule has 0 spiro atoms. The van der Waals surface area contributed by atoms with Gasteiger partial charge in [-0.25, -0.2) is 0 Å². The number of carbonyl (C=O) groups excluding carboxylic acids is 1. The number of hydrogen-bond acceptors (Lipinski definition) is 2. The number of nitrogens with two attached hydrogens (primary N) is 1. The van der Waals surface area contributed by atoms with Crippen LogP contribution in [0.5, 0.6) is 0 Å². The Hall–Kier alpha value is -0.0800. The summed E-state index contributed by atoms with van der Waals surface area (Å²) in [6.45, 7) is 2.27. The Bertz CT molecular complexity index is 233. The van der Waals surface area contributed by atoms with E-state index >= 15 is 0 Å². The summed E-state index contributed by atoms with van der Waals surface area (Å²) < 4.78 is 0. The lowest BCUT2D eigenvalue weighted by atomic mass is 10.0. The zero-order chi connectivity index (χ0) is 15.8. The molecule has 0 rings (SSSR count). The molecule has 0 heterocycles. The fraction of sp³-hybridized carbons (Fsp3) is 0.944. The van der Waals surface area contributed by atoms with Crippen molar-refractivity contribution in [3.05, 3.63) is 0 Å². The summed E-state index contributed by atoms with van der Waals surface area (Å²) in [4.78, 5) is 11.2. The highest BCUT2D eigenvalue weighted by Gasteiger charge is 2.10. The number of rotatable bonds is 16. The SMILES string of the molecule is CCCCCCCCCCCCCCCC(N)C(=O)CCl. The molecule has 1 unspecified atom stereocenters. The molecule has 21 heavy (non-hydrogen) atoms. The first-order valence-electron chi connectivity index (χ1n) is 9.06. The lowest BCUT2D eigenvalue weighted by Gasteiger charge is -2.08. The zero-order valence-corrected chi connectivity index (χ0v) is 14.8. The second kappa shape index (κ2) is 16.3. The van der Waals surface area contributed by atoms with Crippen molar-refractivity contribution in [2.75, 3.05) is 5.88 Å². The number of ketones is 1. The Morgan fingerprint density at radius 1 is 0.810 bits per heavy atom. The molecular weight excluding hydrogens is 282 g/mol. The van der Waals surface area contributed by atoms with Gasteiger partial charge in [-0.1, -0.05) is 90.4 Å². The van der Waals surface area contributed by atoms with Gasteiger partial charge in [-0.3, -0.25) is 4.79 Å². The number of carbonyl (C=O) groups is 1. The van der Waals surface area contributed by atoms with E-state index in [1.54, 1.807) is 0 Å². The Kier molecular flexibility index (Phi) is 16.2. The maximum Gasteiger partial charge on any atom is 0.164 e. The number of hydrogen-bond donors (Lipinski definition) is 1. The second-order valence-electron chi connectivity index (χ2n) is 6.24. The average molecular weight is 318 g/mol. The molecule has 0 radical (unpaired) electrons. The summed E-state index contributed by atoms with van der Waals surface area (Å²) in [5, 5.41) is 0. The molecule has 0 bridgehead atoms. The zero-order valence-electron chi connectivity index (χ0n) is 14.0. The quantitative estimate of drug-likeness (QED) is 0.297. The molecule has 0 aliphatic heterocycles. The molecule has 0 saturated carbocycles. The lowest BCUT2D eigenvalue weighted by Crippen LogP contribution is -2.31. The largest absolute Gasteiger partial charge is 0.321 e. The van der Waals surface area contributed by atoms with Gasteiger partial charge < -0.3 is 5.73 Å². The van der Waals surface area contributed by atoms with Crippen LogP contribution in [0.3, 0.4) is 0 Å². The summed E-state index contributed by atoms with van der Waals surface area (Å²) in [6, 6.07) is -0.338. The minimum absolute atomic E-state index is 0.0180. The van der Waals surface area contributed by atoms with Crippen molar-refractivity contribution in [2.45, 2.75) is 103 Å². The van der Waals surface area contributed by atoms with Gasteiger partial charge in [-0.15, -0.1) is 11.6 Å². The molecular formula is C18H36ClNO. The molecule has 0 aromatic heterocycles. The second-order valence-corrected chi connectivity index (χ2v) is 6.51. The fourth-order valence-corrected chi connectivity index (χ4v) is 2.84. The Morgan fingerprint density at radius 2 is 1.19 bits per heavy atom. The summed E-state index contributed by atoms with van der Waals surface area (Å²) in [6.07, 6.45) is 18.2. The van der Waals surface area contributed by atoms with Crippen molar-refractivity contribution in [1.82, 2.24) is 0 Å². The highest BCUT2D eigenvalue weighted by Crippen LogP contribution is 2.13. The summed E-state index contributed by atoms with van der Waals surface area (Å²) in [7, 11) is 0. The van der Waals surface area contributed by atoms with Crippen LogP contribution in [-0.2, 0) is 4.79 Å². The van der Waals surface area contributed by atoms with Crippen LogP contribution >= 0.6 is 11.6 Å². The van der Waals surface area contributed by atoms with Gasteiger partial charge >= 0.3 is 0 Å². The molecule has 2 nitrogen and oxygen atoms in total. The van der Waals surface area contributed by atoms with Gasteiger partial charge in [0.2, 0.25) is 0 Å². The topological polar surface area (TPSA) is 43.1 Å². The van der Waals surface area contributed by atoms with Crippen molar-refractivity contribution < 1.29 is 4.79 Å². The standard InChI is InChI=1S/C18H36ClNO/c1-2-3-4-5-6-7-8-9-10-11-12-13-14-15-17(20)18(21)16-19/h17H,2-16,20H2,1H3. The van der Waals surface area contributed by atoms with Gasteiger partial charge in [0.1, 0.15) is 0 Å². The van der Waals surface area contributed by atoms with Crippen LogP contribution in [0.1, 0.15) is 96.8 Å². The number of Topliss-reactive ketones (excluding diaryl/α,β-unsaturated/α-hetero) is 1. The molecule has 0 aliphatic rings. The molecule has 3 heteroatoms. The lowest BCUT2D eigenvalue weighted by molar-refractivity contribution is -0.118. The van der Waals surface area contributed by atoms with Gasteiger partial charge in [-0.2, -0.15) is 0 Å². The van der Waals surface area contributed by atoms with Crippen LogP contribution in [0, 0.1) is 0 Å². The number of halogens is 1. The molecule has 0 amide bonds. The van der Waals surface area contributed by atoms with Gasteiger partial charge in [-0.05, 0) is 6.42 Å². The molecule has 0 saturated heterocycles. The molecule has 0 fully saturated rings. The minimum Gasteiger partial charge on any atom is -0.321 e. The van der Waals surface area contributed by atoms with Crippen LogP contribution in [0.15, 0.2) is 0 Å². The molecule has 126 valence electrons. The Balaban J connectivity index is 3.11. The third-order valence-electron chi connectivity index (χ3n) is 4.16. The third-order valence-corrected chi connectivity index (χ3v) is 4.43. The number of alkyl halides is 1. The molecule has 0 aliphatic carbocycles. The van der Waals surface area contributed by atoms with Crippen molar-refractivity contribution in [1.29, 1.82) is 0 Å². The monoisotopic (exact) mass is 317 g/mol. The highest BCUT2D eigenvalue weighted by molar-refractivity contribution is 6.28. The first kappa shape index (κ1) is 20.9. The van der Waals surface area contributed by atoms with E-state index in [4.69, 9.17) is 17.3 Å². The van der Waals surface area contributed by atoms with E-state index in [1.165, 1.54) is 77.0 Å². The van der Waals surface area contributed by atoms with Gasteiger partial charge in [0.05, 0.1) is 11.9 Å². The van der Waals surface area contributed by atoms with Crippen LogP contribution in [0.4, 0.5) is 0 Å². The van der Waals surface area contributed by atoms with E-state index in [9.17, 15) is 4.79 Å². The predicted molar refractivity (Wildman–Crippen MR) is 94.0 cm³/mol. The van der Waals surface area contributed by atoms with Gasteiger partial charge in [0.25, 0.3) is 0 Å². The summed E-state index contributed by atoms with van der Waals surface area (Å²) in [5.41, 5.74) is 5.73. The van der Waals surface area contributed by atoms with E-state index in [0.717, 1.165) is 12.8 Å². The predicted octanol–water partition coefficient (Wildman–Crippen LogP) is 5.60. The van der Waals surface area contributed by atoms with Crippen LogP contribution < -0.4 is 5.73 Å². The average Bonchev–Trinajstić information content (AvgIpc) is 2.50. The van der Waals surface area contributed by atoms with Crippen molar-refractivity contribution in [3.8, 4) is 0 Å². The first-order valence-corrected chi connectivity index (χ1v) is 9.60. The molecule has 1 atom stereocenters. The molecule has 0 aromatic carbocycles.